The van der Waals surface area contributed by atoms with Gasteiger partial charge in [-0.25, -0.2) is 9.37 Å². The van der Waals surface area contributed by atoms with Crippen LogP contribution in [0.2, 0.25) is 0 Å². The Morgan fingerprint density at radius 1 is 1.42 bits per heavy atom. The summed E-state index contributed by atoms with van der Waals surface area (Å²) in [6.45, 7) is 0. The lowest BCUT2D eigenvalue weighted by atomic mass is 10.2. The van der Waals surface area contributed by atoms with Gasteiger partial charge in [0.1, 0.15) is 0 Å². The molecule has 6 heteroatoms. The molecule has 0 aliphatic heterocycles. The third-order valence-electron chi connectivity index (χ3n) is 2.49. The van der Waals surface area contributed by atoms with Gasteiger partial charge in [-0.05, 0) is 30.5 Å². The lowest BCUT2D eigenvalue weighted by Crippen LogP contribution is -2.15. The Labute approximate surface area is 114 Å². The zero-order chi connectivity index (χ0) is 13.8. The summed E-state index contributed by atoms with van der Waals surface area (Å²) in [5.74, 6) is -1.64. The minimum Gasteiger partial charge on any atom is -0.381 e. The number of aromatic nitrogens is 1. The number of benzene rings is 1. The van der Waals surface area contributed by atoms with Crippen molar-refractivity contribution in [1.29, 1.82) is 0 Å². The predicted molar refractivity (Wildman–Crippen MR) is 74.8 cm³/mol. The number of thioether (sulfide) groups is 1. The van der Waals surface area contributed by atoms with Crippen molar-refractivity contribution in [3.63, 3.8) is 0 Å². The van der Waals surface area contributed by atoms with Gasteiger partial charge in [-0.1, -0.05) is 6.07 Å². The quantitative estimate of drug-likeness (QED) is 0.846. The number of amides is 1. The molecular formula is C13H12FN3OS. The minimum absolute atomic E-state index is 0.123. The number of pyridine rings is 1. The molecule has 1 heterocycles. The lowest BCUT2D eigenvalue weighted by Gasteiger charge is -2.07. The van der Waals surface area contributed by atoms with Crippen LogP contribution in [-0.2, 0) is 0 Å². The molecule has 2 aromatic rings. The van der Waals surface area contributed by atoms with Gasteiger partial charge in [0.05, 0.1) is 5.56 Å². The first-order chi connectivity index (χ1) is 9.11. The summed E-state index contributed by atoms with van der Waals surface area (Å²) in [6, 6.07) is 8.58. The number of nitrogens with two attached hydrogens (primary N) is 1. The Balaban J connectivity index is 2.23. The smallest absolute Gasteiger partial charge is 0.258 e. The highest BCUT2D eigenvalue weighted by atomic mass is 32.2. The molecule has 1 aromatic heterocycles. The van der Waals surface area contributed by atoms with Crippen LogP contribution in [0.4, 0.5) is 15.9 Å². The van der Waals surface area contributed by atoms with E-state index in [0.717, 1.165) is 4.90 Å². The molecule has 0 spiro atoms. The monoisotopic (exact) mass is 277 g/mol. The van der Waals surface area contributed by atoms with Gasteiger partial charge in [-0.15, -0.1) is 11.8 Å². The fourth-order valence-electron chi connectivity index (χ4n) is 1.53. The fourth-order valence-corrected chi connectivity index (χ4v) is 1.99. The third kappa shape index (κ3) is 3.03. The predicted octanol–water partition coefficient (Wildman–Crippen LogP) is 2.78. The standard InChI is InChI=1S/C13H12FN3OS/c1-19-9-4-2-3-8(7-9)17-13(18)10-5-6-16-12(15)11(10)14/h2-7H,1H3,(H2,15,16)(H,17,18). The summed E-state index contributed by atoms with van der Waals surface area (Å²) >= 11 is 1.56. The molecule has 1 aromatic carbocycles. The van der Waals surface area contributed by atoms with E-state index in [0.29, 0.717) is 5.69 Å². The van der Waals surface area contributed by atoms with E-state index in [-0.39, 0.29) is 11.4 Å². The van der Waals surface area contributed by atoms with Crippen molar-refractivity contribution in [2.45, 2.75) is 4.90 Å². The number of anilines is 2. The Bertz CT molecular complexity index is 619. The number of nitrogens with zero attached hydrogens (tertiary/aromatic N) is 1. The molecule has 19 heavy (non-hydrogen) atoms. The lowest BCUT2D eigenvalue weighted by molar-refractivity contribution is 0.102. The summed E-state index contributed by atoms with van der Waals surface area (Å²) in [7, 11) is 0. The van der Waals surface area contributed by atoms with Crippen molar-refractivity contribution in [3.05, 3.63) is 47.9 Å². The molecule has 0 fully saturated rings. The van der Waals surface area contributed by atoms with E-state index in [9.17, 15) is 9.18 Å². The van der Waals surface area contributed by atoms with Crippen molar-refractivity contribution < 1.29 is 9.18 Å². The molecule has 0 unspecified atom stereocenters. The van der Waals surface area contributed by atoms with E-state index in [2.05, 4.69) is 10.3 Å². The Morgan fingerprint density at radius 2 is 2.21 bits per heavy atom. The summed E-state index contributed by atoms with van der Waals surface area (Å²) < 4.78 is 13.6. The average Bonchev–Trinajstić information content (AvgIpc) is 2.42. The van der Waals surface area contributed by atoms with Crippen LogP contribution in [0.3, 0.4) is 0 Å². The van der Waals surface area contributed by atoms with Crippen LogP contribution in [0, 0.1) is 5.82 Å². The number of hydrogen-bond acceptors (Lipinski definition) is 4. The molecule has 4 nitrogen and oxygen atoms in total. The minimum atomic E-state index is -0.805. The molecule has 0 atom stereocenters. The molecule has 1 amide bonds. The van der Waals surface area contributed by atoms with Crippen molar-refractivity contribution in [3.8, 4) is 0 Å². The number of rotatable bonds is 3. The van der Waals surface area contributed by atoms with E-state index in [4.69, 9.17) is 5.73 Å². The van der Waals surface area contributed by atoms with Crippen molar-refractivity contribution in [2.24, 2.45) is 0 Å². The van der Waals surface area contributed by atoms with Crippen LogP contribution in [0.1, 0.15) is 10.4 Å². The maximum Gasteiger partial charge on any atom is 0.258 e. The summed E-state index contributed by atoms with van der Waals surface area (Å²) in [5.41, 5.74) is 5.81. The molecule has 0 aliphatic rings. The number of carbonyl (C=O) groups is 1. The first kappa shape index (κ1) is 13.4. The number of nitrogen functional groups attached to an aromatic ring is 1. The molecular weight excluding hydrogens is 265 g/mol. The van der Waals surface area contributed by atoms with Crippen molar-refractivity contribution >= 4 is 29.2 Å². The Hall–Kier alpha value is -2.08. The van der Waals surface area contributed by atoms with Crippen molar-refractivity contribution in [1.82, 2.24) is 4.98 Å². The molecule has 98 valence electrons. The highest BCUT2D eigenvalue weighted by Gasteiger charge is 2.14. The number of carbonyl (C=O) groups excluding carboxylic acids is 1. The average molecular weight is 277 g/mol. The molecule has 0 radical (unpaired) electrons. The zero-order valence-electron chi connectivity index (χ0n) is 10.2. The summed E-state index contributed by atoms with van der Waals surface area (Å²) in [6.07, 6.45) is 3.23. The zero-order valence-corrected chi connectivity index (χ0v) is 11.0. The van der Waals surface area contributed by atoms with E-state index in [1.54, 1.807) is 17.8 Å². The van der Waals surface area contributed by atoms with Crippen LogP contribution in [-0.4, -0.2) is 17.1 Å². The molecule has 2 rings (SSSR count). The largest absolute Gasteiger partial charge is 0.381 e. The highest BCUT2D eigenvalue weighted by Crippen LogP contribution is 2.20. The van der Waals surface area contributed by atoms with E-state index in [1.807, 2.05) is 24.5 Å². The number of hydrogen-bond donors (Lipinski definition) is 2. The first-order valence-electron chi connectivity index (χ1n) is 5.47. The van der Waals surface area contributed by atoms with Gasteiger partial charge in [0.2, 0.25) is 0 Å². The van der Waals surface area contributed by atoms with Crippen LogP contribution in [0.15, 0.2) is 41.4 Å². The fraction of sp³-hybridized carbons (Fsp3) is 0.0769. The van der Waals surface area contributed by atoms with E-state index >= 15 is 0 Å². The second-order valence-corrected chi connectivity index (χ2v) is 4.62. The molecule has 0 saturated heterocycles. The van der Waals surface area contributed by atoms with Gasteiger partial charge in [-0.3, -0.25) is 4.79 Å². The molecule has 3 N–H and O–H groups in total. The molecule has 0 saturated carbocycles. The maximum absolute atomic E-state index is 13.6. The highest BCUT2D eigenvalue weighted by molar-refractivity contribution is 7.98. The van der Waals surface area contributed by atoms with Gasteiger partial charge in [0.15, 0.2) is 11.6 Å². The van der Waals surface area contributed by atoms with Crippen LogP contribution >= 0.6 is 11.8 Å². The van der Waals surface area contributed by atoms with Crippen LogP contribution in [0.25, 0.3) is 0 Å². The topological polar surface area (TPSA) is 68.0 Å². The Morgan fingerprint density at radius 3 is 2.95 bits per heavy atom. The second-order valence-electron chi connectivity index (χ2n) is 3.74. The second kappa shape index (κ2) is 5.71. The van der Waals surface area contributed by atoms with Gasteiger partial charge in [0.25, 0.3) is 5.91 Å². The van der Waals surface area contributed by atoms with Gasteiger partial charge in [0, 0.05) is 16.8 Å². The first-order valence-corrected chi connectivity index (χ1v) is 6.69. The summed E-state index contributed by atoms with van der Waals surface area (Å²) in [4.78, 5) is 16.5. The molecule has 0 aliphatic carbocycles. The van der Waals surface area contributed by atoms with Gasteiger partial charge < -0.3 is 11.1 Å². The van der Waals surface area contributed by atoms with Gasteiger partial charge in [-0.2, -0.15) is 0 Å². The number of halogens is 1. The van der Waals surface area contributed by atoms with E-state index in [1.165, 1.54) is 12.3 Å². The van der Waals surface area contributed by atoms with Crippen molar-refractivity contribution in [2.75, 3.05) is 17.3 Å². The normalized spacial score (nSPS) is 10.2. The molecule has 0 bridgehead atoms. The van der Waals surface area contributed by atoms with Gasteiger partial charge >= 0.3 is 0 Å². The SMILES string of the molecule is CSc1cccc(NC(=O)c2ccnc(N)c2F)c1. The third-order valence-corrected chi connectivity index (χ3v) is 3.21. The van der Waals surface area contributed by atoms with E-state index < -0.39 is 11.7 Å². The maximum atomic E-state index is 13.6. The van der Waals surface area contributed by atoms with Crippen LogP contribution < -0.4 is 11.1 Å². The Kier molecular flexibility index (Phi) is 4.01. The summed E-state index contributed by atoms with van der Waals surface area (Å²) in [5, 5.41) is 2.63. The van der Waals surface area contributed by atoms with Crippen LogP contribution in [0.5, 0.6) is 0 Å². The number of nitrogens with one attached hydrogen (secondary N) is 1.